The van der Waals surface area contributed by atoms with E-state index >= 15 is 0 Å². The summed E-state index contributed by atoms with van der Waals surface area (Å²) in [6.45, 7) is 16.3. The topological polar surface area (TPSA) is 153 Å². The fourth-order valence-electron chi connectivity index (χ4n) is 12.0. The van der Waals surface area contributed by atoms with E-state index in [1.165, 1.54) is 0 Å². The molecule has 6 heterocycles. The summed E-state index contributed by atoms with van der Waals surface area (Å²) < 4.78 is 65.5. The Bertz CT molecular complexity index is 2200. The highest BCUT2D eigenvalue weighted by molar-refractivity contribution is 6.35. The van der Waals surface area contributed by atoms with Gasteiger partial charge in [0, 0.05) is 63.8 Å². The van der Waals surface area contributed by atoms with Crippen LogP contribution < -0.4 is 4.90 Å². The molecule has 0 radical (unpaired) electrons. The molecule has 71 heavy (non-hydrogen) atoms. The first-order valence-corrected chi connectivity index (χ1v) is 26.4. The second-order valence-electron chi connectivity index (χ2n) is 21.2. The highest BCUT2D eigenvalue weighted by Crippen LogP contribution is 2.47. The van der Waals surface area contributed by atoms with Crippen LogP contribution in [0.1, 0.15) is 93.9 Å². The number of nitrogens with zero attached hydrogens (tertiary/aromatic N) is 1. The number of allylic oxidation sites excluding steroid dienone is 2. The normalized spacial score (nSPS) is 44.4. The fraction of sp³-hybridized carbons (Fsp3) is 0.691. The number of fused-ring (bicyclic) bond motifs is 2. The molecule has 394 valence electrons. The van der Waals surface area contributed by atoms with Crippen LogP contribution in [0.15, 0.2) is 77.5 Å². The second kappa shape index (κ2) is 22.7. The van der Waals surface area contributed by atoms with Gasteiger partial charge in [-0.15, -0.1) is 0 Å². The summed E-state index contributed by atoms with van der Waals surface area (Å²) in [5.74, 6) is -2.61. The molecule has 14 nitrogen and oxygen atoms in total. The van der Waals surface area contributed by atoms with E-state index in [-0.39, 0.29) is 55.1 Å². The smallest absolute Gasteiger partial charge is 0.316 e. The maximum Gasteiger partial charge on any atom is 0.316 e. The van der Waals surface area contributed by atoms with E-state index in [1.807, 2.05) is 45.2 Å². The number of esters is 1. The zero-order valence-electron chi connectivity index (χ0n) is 43.2. The molecule has 0 amide bonds. The summed E-state index contributed by atoms with van der Waals surface area (Å²) in [5, 5.41) is 25.0. The molecule has 1 spiro atoms. The average molecular weight is 1030 g/mol. The summed E-state index contributed by atoms with van der Waals surface area (Å²) in [6.07, 6.45) is 9.65. The van der Waals surface area contributed by atoms with Gasteiger partial charge in [0.15, 0.2) is 18.4 Å². The largest absolute Gasteiger partial charge is 0.462 e. The molecule has 7 aliphatic rings. The number of anilines is 1. The number of hydrogen-bond donors (Lipinski definition) is 2. The molecule has 4 saturated heterocycles. The molecule has 2 bridgehead atoms. The van der Waals surface area contributed by atoms with Gasteiger partial charge in [0.25, 0.3) is 0 Å². The minimum atomic E-state index is -1.85. The quantitative estimate of drug-likeness (QED) is 0.170. The average Bonchev–Trinajstić information content (AvgIpc) is 3.68. The first-order chi connectivity index (χ1) is 33.8. The number of methoxy groups -OCH3 is 2. The number of benzene rings is 1. The zero-order valence-corrected chi connectivity index (χ0v) is 44.7. The van der Waals surface area contributed by atoms with Crippen molar-refractivity contribution in [3.05, 3.63) is 87.5 Å². The lowest BCUT2D eigenvalue weighted by molar-refractivity contribution is -0.311. The molecule has 0 aromatic heterocycles. The highest BCUT2D eigenvalue weighted by Gasteiger charge is 2.60. The van der Waals surface area contributed by atoms with Crippen LogP contribution in [-0.4, -0.2) is 141 Å². The summed E-state index contributed by atoms with van der Waals surface area (Å²) in [6, 6.07) is 5.21. The number of aliphatic hydroxyl groups excluding tert-OH is 1. The Morgan fingerprint density at radius 3 is 2.37 bits per heavy atom. The van der Waals surface area contributed by atoms with Crippen molar-refractivity contribution in [2.45, 2.75) is 191 Å². The Kier molecular flexibility index (Phi) is 17.4. The van der Waals surface area contributed by atoms with Gasteiger partial charge in [-0.1, -0.05) is 93.8 Å². The second-order valence-corrected chi connectivity index (χ2v) is 22.0. The van der Waals surface area contributed by atoms with Crippen molar-refractivity contribution in [2.24, 2.45) is 23.7 Å². The van der Waals surface area contributed by atoms with E-state index in [0.29, 0.717) is 46.9 Å². The van der Waals surface area contributed by atoms with Crippen LogP contribution in [0.4, 0.5) is 5.69 Å². The number of rotatable bonds is 10. The van der Waals surface area contributed by atoms with Gasteiger partial charge < -0.3 is 62.5 Å². The van der Waals surface area contributed by atoms with Crippen molar-refractivity contribution >= 4 is 34.9 Å². The lowest BCUT2D eigenvalue weighted by Crippen LogP contribution is -2.58. The fourth-order valence-corrected chi connectivity index (χ4v) is 12.5. The van der Waals surface area contributed by atoms with Crippen molar-refractivity contribution in [3.8, 4) is 0 Å². The van der Waals surface area contributed by atoms with Crippen molar-refractivity contribution in [2.75, 3.05) is 32.8 Å². The molecule has 20 atom stereocenters. The predicted octanol–water partition coefficient (Wildman–Crippen LogP) is 8.83. The van der Waals surface area contributed by atoms with Crippen molar-refractivity contribution < 1.29 is 62.4 Å². The van der Waals surface area contributed by atoms with E-state index in [0.717, 1.165) is 17.7 Å². The van der Waals surface area contributed by atoms with Crippen LogP contribution in [0.5, 0.6) is 0 Å². The Labute approximate surface area is 430 Å². The molecule has 0 unspecified atom stereocenters. The zero-order chi connectivity index (χ0) is 51.1. The van der Waals surface area contributed by atoms with E-state index in [4.69, 9.17) is 70.6 Å². The lowest BCUT2D eigenvalue weighted by Gasteiger charge is -2.48. The molecule has 16 heteroatoms. The lowest BCUT2D eigenvalue weighted by atomic mass is 9.71. The van der Waals surface area contributed by atoms with Crippen molar-refractivity contribution in [3.63, 3.8) is 0 Å². The number of carbonyl (C=O) groups excluding carboxylic acids is 1. The maximum absolute atomic E-state index is 14.4. The summed E-state index contributed by atoms with van der Waals surface area (Å²) >= 11 is 13.0. The van der Waals surface area contributed by atoms with Gasteiger partial charge in [-0.05, 0) is 81.0 Å². The molecule has 1 aromatic carbocycles. The number of ether oxygens (including phenoxy) is 10. The van der Waals surface area contributed by atoms with Gasteiger partial charge in [0.05, 0.1) is 66.1 Å². The molecule has 1 aliphatic carbocycles. The van der Waals surface area contributed by atoms with Crippen LogP contribution in [-0.2, 0) is 52.2 Å². The summed E-state index contributed by atoms with van der Waals surface area (Å²) in [5.41, 5.74) is 0.903. The van der Waals surface area contributed by atoms with Gasteiger partial charge in [-0.2, -0.15) is 0 Å². The van der Waals surface area contributed by atoms with Crippen LogP contribution >= 0.6 is 23.2 Å². The minimum absolute atomic E-state index is 0.0267. The monoisotopic (exact) mass is 1030 g/mol. The first-order valence-electron chi connectivity index (χ1n) is 25.6. The maximum atomic E-state index is 14.4. The molecular weight excluding hydrogens is 954 g/mol. The third-order valence-electron chi connectivity index (χ3n) is 16.2. The Hall–Kier alpha value is -2.67. The van der Waals surface area contributed by atoms with Crippen LogP contribution in [0.2, 0.25) is 10.0 Å². The van der Waals surface area contributed by atoms with Crippen LogP contribution in [0, 0.1) is 23.7 Å². The summed E-state index contributed by atoms with van der Waals surface area (Å²) in [7, 11) is 5.33. The van der Waals surface area contributed by atoms with Crippen molar-refractivity contribution in [1.29, 1.82) is 0 Å². The number of aliphatic hydroxyl groups is 2. The van der Waals surface area contributed by atoms with E-state index < -0.39 is 84.7 Å². The molecule has 4 fully saturated rings. The number of hydrogen-bond acceptors (Lipinski definition) is 14. The van der Waals surface area contributed by atoms with Gasteiger partial charge in [0.2, 0.25) is 0 Å². The molecular formula is C55H77Cl2NO13. The van der Waals surface area contributed by atoms with Crippen molar-refractivity contribution in [1.82, 2.24) is 0 Å². The minimum Gasteiger partial charge on any atom is -0.462 e. The van der Waals surface area contributed by atoms with Gasteiger partial charge in [-0.25, -0.2) is 0 Å². The predicted molar refractivity (Wildman–Crippen MR) is 270 cm³/mol. The van der Waals surface area contributed by atoms with E-state index in [9.17, 15) is 15.0 Å². The SMILES string of the molecule is CC[C@H](C)[C@H]1O[C@]2(C=C[C@@H]1C)C[C@@H]1C[C@@H](C/C=C(\C)[C@@H](O[C@H]3C[C@H](OC)[C@@H](O[C@@H]4C[C@@H](OC)[C@@H](N(C)c5cc(Cl)ccc5Cl)[C@@H](C)O4)[C@H](C)O3)[C@@H](C)/C=C/C=C3\CO[C@@H]4[C@H](O)C(C)=C[C@@H](C(=O)O1)[C@]34O)O2. The highest BCUT2D eigenvalue weighted by atomic mass is 35.5. The first kappa shape index (κ1) is 54.6. The molecule has 6 aliphatic heterocycles. The van der Waals surface area contributed by atoms with Crippen LogP contribution in [0.3, 0.4) is 0 Å². The third kappa shape index (κ3) is 11.3. The van der Waals surface area contributed by atoms with Crippen LogP contribution in [0.25, 0.3) is 0 Å². The molecule has 2 N–H and O–H groups in total. The number of halogens is 2. The summed E-state index contributed by atoms with van der Waals surface area (Å²) in [4.78, 5) is 16.5. The molecule has 8 rings (SSSR count). The Morgan fingerprint density at radius 2 is 1.63 bits per heavy atom. The van der Waals surface area contributed by atoms with E-state index in [1.54, 1.807) is 45.4 Å². The standard InChI is InChI=1S/C55H77Cl2NO13/c1-12-29(2)50-32(5)20-21-54(71-50)27-39-24-38(70-54)18-16-31(4)49(30(3)14-13-15-36-28-64-52-48(59)33(6)22-40(53(60)67-39)55(36,52)61)68-46-26-44(63-11)51(35(8)66-46)69-45-25-43(62-10)47(34(7)65-45)58(9)42-23-37(56)17-19-41(42)57/h13-17,19-23,29-30,32,34-35,38-40,43-52,59,61H,12,18,24-28H2,1-11H3/b14-13+,31-16+,36-15+/t29-,30-,32-,34+,35-,38+,39-,40-,43+,44-,45+,46-,47-,48+,49-,50+,51-,52+,54+,55+/m0/s1. The molecule has 0 saturated carbocycles. The van der Waals surface area contributed by atoms with Gasteiger partial charge in [-0.3, -0.25) is 4.79 Å². The van der Waals surface area contributed by atoms with E-state index in [2.05, 4.69) is 51.7 Å². The molecule has 1 aromatic rings. The Morgan fingerprint density at radius 1 is 0.915 bits per heavy atom. The third-order valence-corrected chi connectivity index (χ3v) is 16.8. The Balaban J connectivity index is 1.04. The number of carbonyl (C=O) groups is 1. The van der Waals surface area contributed by atoms with Gasteiger partial charge in [0.1, 0.15) is 35.9 Å². The number of likely N-dealkylation sites (N-methyl/N-ethyl adjacent to an activating group) is 1. The van der Waals surface area contributed by atoms with Gasteiger partial charge >= 0.3 is 5.97 Å².